The highest BCUT2D eigenvalue weighted by Crippen LogP contribution is 2.24. The number of hydrogen-bond donors (Lipinski definition) is 1. The largest absolute Gasteiger partial charge is 0.478 e. The van der Waals surface area contributed by atoms with Crippen molar-refractivity contribution in [2.24, 2.45) is 0 Å². The zero-order valence-corrected chi connectivity index (χ0v) is 20.9. The van der Waals surface area contributed by atoms with E-state index in [9.17, 15) is 14.7 Å². The molecule has 0 fully saturated rings. The minimum absolute atomic E-state index is 0.0428. The molecular weight excluding hydrogens is 428 g/mol. The van der Waals surface area contributed by atoms with E-state index in [4.69, 9.17) is 4.74 Å². The Morgan fingerprint density at radius 1 is 0.794 bits per heavy atom. The molecule has 0 aliphatic rings. The van der Waals surface area contributed by atoms with Gasteiger partial charge in [0.1, 0.15) is 0 Å². The molecule has 0 atom stereocenters. The second kappa shape index (κ2) is 16.0. The van der Waals surface area contributed by atoms with Gasteiger partial charge in [0, 0.05) is 12.4 Å². The van der Waals surface area contributed by atoms with Crippen LogP contribution in [-0.2, 0) is 12.8 Å². The molecule has 1 N–H and O–H groups in total. The highest BCUT2D eigenvalue weighted by atomic mass is 16.5. The number of carboxylic acids is 1. The molecule has 1 heterocycles. The van der Waals surface area contributed by atoms with Gasteiger partial charge in [-0.2, -0.15) is 0 Å². The van der Waals surface area contributed by atoms with Gasteiger partial charge in [-0.25, -0.2) is 19.6 Å². The lowest BCUT2D eigenvalue weighted by Gasteiger charge is -2.14. The van der Waals surface area contributed by atoms with E-state index in [1.165, 1.54) is 57.3 Å². The summed E-state index contributed by atoms with van der Waals surface area (Å²) in [4.78, 5) is 33.0. The number of aromatic nitrogens is 2. The Morgan fingerprint density at radius 2 is 1.35 bits per heavy atom. The third-order valence-corrected chi connectivity index (χ3v) is 6.06. The molecule has 6 nitrogen and oxygen atoms in total. The predicted molar refractivity (Wildman–Crippen MR) is 135 cm³/mol. The Balaban J connectivity index is 2.20. The van der Waals surface area contributed by atoms with E-state index in [-0.39, 0.29) is 17.1 Å². The molecule has 34 heavy (non-hydrogen) atoms. The number of nitrogens with zero attached hydrogens (tertiary/aromatic N) is 2. The number of aromatic carboxylic acids is 1. The number of carbonyl (C=O) groups excluding carboxylic acids is 1. The molecule has 0 radical (unpaired) electrons. The third-order valence-electron chi connectivity index (χ3n) is 6.06. The highest BCUT2D eigenvalue weighted by Gasteiger charge is 2.24. The van der Waals surface area contributed by atoms with E-state index in [2.05, 4.69) is 23.8 Å². The van der Waals surface area contributed by atoms with Crippen molar-refractivity contribution >= 4 is 11.9 Å². The minimum Gasteiger partial charge on any atom is -0.478 e. The zero-order valence-electron chi connectivity index (χ0n) is 20.9. The van der Waals surface area contributed by atoms with E-state index in [0.29, 0.717) is 12.0 Å². The first-order valence-electron chi connectivity index (χ1n) is 12.9. The first-order valence-corrected chi connectivity index (χ1v) is 12.9. The van der Waals surface area contributed by atoms with Gasteiger partial charge in [0.15, 0.2) is 0 Å². The molecule has 0 unspecified atom stereocenters. The first-order chi connectivity index (χ1) is 16.6. The van der Waals surface area contributed by atoms with Crippen LogP contribution in [0.5, 0.6) is 6.01 Å². The summed E-state index contributed by atoms with van der Waals surface area (Å²) in [6.45, 7) is 4.39. The smallest absolute Gasteiger partial charge is 0.346 e. The Labute approximate surface area is 204 Å². The fourth-order valence-electron chi connectivity index (χ4n) is 4.20. The quantitative estimate of drug-likeness (QED) is 0.195. The lowest BCUT2D eigenvalue weighted by atomic mass is 9.92. The summed E-state index contributed by atoms with van der Waals surface area (Å²) in [6.07, 6.45) is 18.2. The second-order valence-corrected chi connectivity index (χ2v) is 8.94. The van der Waals surface area contributed by atoms with Crippen molar-refractivity contribution in [3.8, 4) is 6.01 Å². The van der Waals surface area contributed by atoms with Gasteiger partial charge in [-0.05, 0) is 48.9 Å². The van der Waals surface area contributed by atoms with Gasteiger partial charge in [-0.3, -0.25) is 0 Å². The van der Waals surface area contributed by atoms with Gasteiger partial charge in [0.2, 0.25) is 0 Å². The summed E-state index contributed by atoms with van der Waals surface area (Å²) in [7, 11) is 0. The van der Waals surface area contributed by atoms with Crippen molar-refractivity contribution in [2.75, 3.05) is 0 Å². The van der Waals surface area contributed by atoms with Gasteiger partial charge in [-0.15, -0.1) is 0 Å². The second-order valence-electron chi connectivity index (χ2n) is 8.94. The van der Waals surface area contributed by atoms with E-state index >= 15 is 0 Å². The molecule has 1 aromatic heterocycles. The van der Waals surface area contributed by atoms with Crippen molar-refractivity contribution in [1.29, 1.82) is 0 Å². The fraction of sp³-hybridized carbons (Fsp3) is 0.571. The average molecular weight is 469 g/mol. The summed E-state index contributed by atoms with van der Waals surface area (Å²) in [5.41, 5.74) is 1.83. The number of carbonyl (C=O) groups is 2. The van der Waals surface area contributed by atoms with Crippen molar-refractivity contribution in [1.82, 2.24) is 9.97 Å². The van der Waals surface area contributed by atoms with E-state index in [1.807, 2.05) is 6.07 Å². The van der Waals surface area contributed by atoms with Crippen molar-refractivity contribution in [3.05, 3.63) is 52.8 Å². The van der Waals surface area contributed by atoms with E-state index < -0.39 is 11.9 Å². The van der Waals surface area contributed by atoms with Crippen LogP contribution in [0.15, 0.2) is 30.6 Å². The molecule has 186 valence electrons. The van der Waals surface area contributed by atoms with Gasteiger partial charge in [0.25, 0.3) is 0 Å². The molecule has 0 amide bonds. The van der Waals surface area contributed by atoms with Crippen LogP contribution in [0.3, 0.4) is 0 Å². The normalized spacial score (nSPS) is 10.9. The number of esters is 1. The van der Waals surface area contributed by atoms with Crippen LogP contribution in [0.2, 0.25) is 0 Å². The molecule has 6 heteroatoms. The number of aryl methyl sites for hydroxylation is 2. The number of carboxylic acid groups (broad SMARTS) is 1. The SMILES string of the molecule is CCCCCCCCc1cc(CCCCCCCC)c(C(=O)O)c(C(=O)Oc2ncccn2)c1. The summed E-state index contributed by atoms with van der Waals surface area (Å²) < 4.78 is 5.32. The minimum atomic E-state index is -1.10. The van der Waals surface area contributed by atoms with Gasteiger partial charge in [-0.1, -0.05) is 84.1 Å². The Morgan fingerprint density at radius 3 is 1.94 bits per heavy atom. The number of ether oxygens (including phenoxy) is 1. The molecule has 0 saturated heterocycles. The lowest BCUT2D eigenvalue weighted by molar-refractivity contribution is 0.0661. The zero-order chi connectivity index (χ0) is 24.6. The highest BCUT2D eigenvalue weighted by molar-refractivity contribution is 6.04. The Kier molecular flexibility index (Phi) is 12.9. The molecule has 0 saturated carbocycles. The van der Waals surface area contributed by atoms with Crippen LogP contribution in [0.25, 0.3) is 0 Å². The number of unbranched alkanes of at least 4 members (excludes halogenated alkanes) is 10. The molecule has 2 aromatic rings. The average Bonchev–Trinajstić information content (AvgIpc) is 2.83. The maximum Gasteiger partial charge on any atom is 0.346 e. The lowest BCUT2D eigenvalue weighted by Crippen LogP contribution is -2.18. The molecule has 2 rings (SSSR count). The molecule has 1 aromatic carbocycles. The predicted octanol–water partition coefficient (Wildman–Crippen LogP) is 7.20. The summed E-state index contributed by atoms with van der Waals surface area (Å²) in [5, 5.41) is 9.98. The van der Waals surface area contributed by atoms with E-state index in [0.717, 1.165) is 44.1 Å². The summed E-state index contributed by atoms with van der Waals surface area (Å²) >= 11 is 0. The fourth-order valence-corrected chi connectivity index (χ4v) is 4.20. The first kappa shape index (κ1) is 27.5. The Hall–Kier alpha value is -2.76. The molecule has 0 spiro atoms. The third kappa shape index (κ3) is 9.62. The maximum absolute atomic E-state index is 13.0. The van der Waals surface area contributed by atoms with Crippen LogP contribution in [-0.4, -0.2) is 27.0 Å². The van der Waals surface area contributed by atoms with Gasteiger partial charge >= 0.3 is 17.9 Å². The molecule has 0 aliphatic carbocycles. The number of rotatable bonds is 17. The monoisotopic (exact) mass is 468 g/mol. The van der Waals surface area contributed by atoms with Crippen LogP contribution in [0, 0.1) is 0 Å². The topological polar surface area (TPSA) is 89.4 Å². The van der Waals surface area contributed by atoms with Crippen molar-refractivity contribution < 1.29 is 19.4 Å². The van der Waals surface area contributed by atoms with Gasteiger partial charge < -0.3 is 9.84 Å². The molecular formula is C28H40N2O4. The van der Waals surface area contributed by atoms with Crippen molar-refractivity contribution in [3.63, 3.8) is 0 Å². The van der Waals surface area contributed by atoms with Crippen LogP contribution >= 0.6 is 0 Å². The van der Waals surface area contributed by atoms with Gasteiger partial charge in [0.05, 0.1) is 11.1 Å². The van der Waals surface area contributed by atoms with Crippen molar-refractivity contribution in [2.45, 2.75) is 104 Å². The molecule has 0 bridgehead atoms. The summed E-state index contributed by atoms with van der Waals surface area (Å²) in [6, 6.07) is 5.21. The van der Waals surface area contributed by atoms with E-state index in [1.54, 1.807) is 12.1 Å². The number of benzene rings is 1. The van der Waals surface area contributed by atoms with Crippen LogP contribution < -0.4 is 4.74 Å². The van der Waals surface area contributed by atoms with Crippen LogP contribution in [0.4, 0.5) is 0 Å². The number of hydrogen-bond acceptors (Lipinski definition) is 5. The standard InChI is InChI=1S/C28H40N2O4/c1-3-5-7-9-11-13-16-22-20-23(17-14-12-10-8-6-4-2)25(26(31)32)24(21-22)27(33)34-28-29-18-15-19-30-28/h15,18-21H,3-14,16-17H2,1-2H3,(H,31,32). The Bertz CT molecular complexity index is 883. The van der Waals surface area contributed by atoms with Crippen LogP contribution in [0.1, 0.15) is 123 Å². The maximum atomic E-state index is 13.0. The molecule has 0 aliphatic heterocycles. The summed E-state index contributed by atoms with van der Waals surface area (Å²) in [5.74, 6) is -1.83.